The summed E-state index contributed by atoms with van der Waals surface area (Å²) in [5, 5.41) is 7.94. The number of ether oxygens (including phenoxy) is 2. The van der Waals surface area contributed by atoms with Crippen LogP contribution in [0.25, 0.3) is 0 Å². The first-order valence-electron chi connectivity index (χ1n) is 10.4. The Kier molecular flexibility index (Phi) is 7.29. The van der Waals surface area contributed by atoms with Crippen molar-refractivity contribution in [1.29, 1.82) is 0 Å². The topological polar surface area (TPSA) is 109 Å². The summed E-state index contributed by atoms with van der Waals surface area (Å²) in [6.07, 6.45) is 4.78. The second-order valence-corrected chi connectivity index (χ2v) is 7.86. The second kappa shape index (κ2) is 9.93. The maximum absolute atomic E-state index is 12.6. The largest absolute Gasteiger partial charge is 0.497 e. The Hall–Kier alpha value is -2.91. The number of fused-ring (bicyclic) bond motifs is 1. The van der Waals surface area contributed by atoms with E-state index in [1.165, 1.54) is 20.0 Å². The Morgan fingerprint density at radius 2 is 2.19 bits per heavy atom. The van der Waals surface area contributed by atoms with Gasteiger partial charge in [0.2, 0.25) is 0 Å². The van der Waals surface area contributed by atoms with Crippen molar-refractivity contribution in [3.8, 4) is 5.75 Å². The lowest BCUT2D eigenvalue weighted by Crippen LogP contribution is -2.55. The molecule has 1 aromatic rings. The first-order valence-corrected chi connectivity index (χ1v) is 10.4. The summed E-state index contributed by atoms with van der Waals surface area (Å²) >= 11 is 0. The molecule has 4 amide bonds. The molecule has 0 radical (unpaired) electrons. The zero-order valence-corrected chi connectivity index (χ0v) is 18.0. The minimum absolute atomic E-state index is 0.0897. The van der Waals surface area contributed by atoms with E-state index in [-0.39, 0.29) is 18.9 Å². The minimum atomic E-state index is -1.17. The molecule has 0 saturated carbocycles. The number of urea groups is 1. The van der Waals surface area contributed by atoms with E-state index in [1.807, 2.05) is 13.1 Å². The predicted molar refractivity (Wildman–Crippen MR) is 115 cm³/mol. The van der Waals surface area contributed by atoms with Crippen molar-refractivity contribution >= 4 is 17.8 Å². The summed E-state index contributed by atoms with van der Waals surface area (Å²) < 4.78 is 10.5. The Morgan fingerprint density at radius 1 is 1.39 bits per heavy atom. The number of hydrogen-bond acceptors (Lipinski definition) is 6. The van der Waals surface area contributed by atoms with Crippen LogP contribution in [-0.2, 0) is 16.1 Å². The van der Waals surface area contributed by atoms with Crippen molar-refractivity contribution in [3.63, 3.8) is 0 Å². The maximum Gasteiger partial charge on any atom is 0.322 e. The van der Waals surface area contributed by atoms with E-state index in [4.69, 9.17) is 9.47 Å². The van der Waals surface area contributed by atoms with Crippen LogP contribution in [-0.4, -0.2) is 68.2 Å². The molecule has 3 heterocycles. The number of likely N-dealkylation sites (N-methyl/N-ethyl adjacent to an activating group) is 1. The van der Waals surface area contributed by atoms with Gasteiger partial charge in [0.05, 0.1) is 19.8 Å². The number of carbonyl (C=O) groups excluding carboxylic acids is 3. The molecule has 9 heteroatoms. The molecule has 168 valence electrons. The van der Waals surface area contributed by atoms with Gasteiger partial charge in [-0.25, -0.2) is 4.79 Å². The van der Waals surface area contributed by atoms with Crippen molar-refractivity contribution in [2.75, 3.05) is 33.9 Å². The van der Waals surface area contributed by atoms with Crippen molar-refractivity contribution in [2.45, 2.75) is 37.5 Å². The fourth-order valence-electron chi connectivity index (χ4n) is 4.05. The highest BCUT2D eigenvalue weighted by atomic mass is 16.5. The highest BCUT2D eigenvalue weighted by Gasteiger charge is 2.48. The molecule has 3 aliphatic heterocycles. The van der Waals surface area contributed by atoms with E-state index in [9.17, 15) is 14.4 Å². The Labute approximate surface area is 182 Å². The van der Waals surface area contributed by atoms with Gasteiger partial charge in [-0.1, -0.05) is 12.1 Å². The summed E-state index contributed by atoms with van der Waals surface area (Å²) in [5.41, 5.74) is 0.262. The third-order valence-corrected chi connectivity index (χ3v) is 5.62. The van der Waals surface area contributed by atoms with Crippen molar-refractivity contribution < 1.29 is 23.9 Å². The van der Waals surface area contributed by atoms with Gasteiger partial charge >= 0.3 is 6.03 Å². The highest BCUT2D eigenvalue weighted by Crippen LogP contribution is 2.29. The molecular formula is C22H30N4O5. The lowest BCUT2D eigenvalue weighted by molar-refractivity contribution is -0.124. The van der Waals surface area contributed by atoms with Crippen LogP contribution in [0.1, 0.15) is 35.2 Å². The smallest absolute Gasteiger partial charge is 0.322 e. The standard InChI is InChI=1S/C16H17N3O4.C6H13NO/c1-3-6-16(14(21)17-15(22)18-16)9-19-8-10-4-5-11(23-2)7-12(10)13(19)20;1-7-5-6-3-2-4-8-6/h3-5,7H,1,6,8-9H2,2H3,(H2,17,18,21,22);6-7H,2-5H2,1H3. The maximum atomic E-state index is 12.6. The van der Waals surface area contributed by atoms with Crippen LogP contribution in [0.15, 0.2) is 30.9 Å². The van der Waals surface area contributed by atoms with E-state index in [2.05, 4.69) is 22.5 Å². The third kappa shape index (κ3) is 5.05. The molecule has 0 aromatic heterocycles. The van der Waals surface area contributed by atoms with E-state index >= 15 is 0 Å². The summed E-state index contributed by atoms with van der Waals surface area (Å²) in [4.78, 5) is 37.8. The molecule has 4 rings (SSSR count). The zero-order valence-electron chi connectivity index (χ0n) is 18.0. The molecule has 2 fully saturated rings. The average Bonchev–Trinajstić information content (AvgIpc) is 3.43. The van der Waals surface area contributed by atoms with Crippen LogP contribution < -0.4 is 20.7 Å². The van der Waals surface area contributed by atoms with Crippen LogP contribution in [0, 0.1) is 0 Å². The molecule has 0 spiro atoms. The van der Waals surface area contributed by atoms with Gasteiger partial charge in [0.25, 0.3) is 11.8 Å². The third-order valence-electron chi connectivity index (χ3n) is 5.62. The summed E-state index contributed by atoms with van der Waals surface area (Å²) in [5.74, 6) is -0.0216. The van der Waals surface area contributed by atoms with Gasteiger partial charge in [0.15, 0.2) is 0 Å². The number of benzene rings is 1. The van der Waals surface area contributed by atoms with Crippen molar-refractivity contribution in [2.24, 2.45) is 0 Å². The minimum Gasteiger partial charge on any atom is -0.497 e. The molecule has 0 aliphatic carbocycles. The van der Waals surface area contributed by atoms with Gasteiger partial charge in [-0.05, 0) is 44.0 Å². The van der Waals surface area contributed by atoms with Gasteiger partial charge in [-0.15, -0.1) is 6.58 Å². The summed E-state index contributed by atoms with van der Waals surface area (Å²) in [7, 11) is 3.50. The fraction of sp³-hybridized carbons (Fsp3) is 0.500. The van der Waals surface area contributed by atoms with E-state index < -0.39 is 17.5 Å². The van der Waals surface area contributed by atoms with Crippen LogP contribution in [0.5, 0.6) is 5.75 Å². The normalized spacial score (nSPS) is 24.3. The molecule has 1 aromatic carbocycles. The van der Waals surface area contributed by atoms with Gasteiger partial charge < -0.3 is 25.0 Å². The van der Waals surface area contributed by atoms with Gasteiger partial charge in [0, 0.05) is 25.3 Å². The summed E-state index contributed by atoms with van der Waals surface area (Å²) in [6.45, 7) is 6.09. The van der Waals surface area contributed by atoms with Gasteiger partial charge in [-0.3, -0.25) is 14.9 Å². The Bertz CT molecular complexity index is 852. The number of amides is 4. The monoisotopic (exact) mass is 430 g/mol. The van der Waals surface area contributed by atoms with Crippen LogP contribution in [0.4, 0.5) is 4.79 Å². The highest BCUT2D eigenvalue weighted by molar-refractivity contribution is 6.08. The van der Waals surface area contributed by atoms with E-state index in [1.54, 1.807) is 23.1 Å². The lowest BCUT2D eigenvalue weighted by Gasteiger charge is -2.29. The Balaban J connectivity index is 0.000000287. The number of nitrogens with zero attached hydrogens (tertiary/aromatic N) is 1. The number of methoxy groups -OCH3 is 1. The molecule has 9 nitrogen and oxygen atoms in total. The number of rotatable bonds is 7. The fourth-order valence-corrected chi connectivity index (χ4v) is 4.05. The van der Waals surface area contributed by atoms with Crippen LogP contribution in [0.2, 0.25) is 0 Å². The predicted octanol–water partition coefficient (Wildman–Crippen LogP) is 1.19. The quantitative estimate of drug-likeness (QED) is 0.443. The molecule has 3 N–H and O–H groups in total. The molecule has 3 aliphatic rings. The SMILES string of the molecule is C=CCC1(CN2Cc3ccc(OC)cc3C2=O)NC(=O)NC1=O.CNCC1CCCO1. The molecular weight excluding hydrogens is 400 g/mol. The number of hydrogen-bond donors (Lipinski definition) is 3. The average molecular weight is 431 g/mol. The number of nitrogens with one attached hydrogen (secondary N) is 3. The first kappa shape index (κ1) is 22.8. The zero-order chi connectivity index (χ0) is 22.4. The number of carbonyl (C=O) groups is 3. The van der Waals surface area contributed by atoms with Crippen molar-refractivity contribution in [1.82, 2.24) is 20.9 Å². The van der Waals surface area contributed by atoms with E-state index in [0.29, 0.717) is 24.0 Å². The molecule has 2 saturated heterocycles. The van der Waals surface area contributed by atoms with Crippen LogP contribution in [0.3, 0.4) is 0 Å². The lowest BCUT2D eigenvalue weighted by atomic mass is 9.94. The van der Waals surface area contributed by atoms with E-state index in [0.717, 1.165) is 18.7 Å². The molecule has 31 heavy (non-hydrogen) atoms. The second-order valence-electron chi connectivity index (χ2n) is 7.86. The summed E-state index contributed by atoms with van der Waals surface area (Å²) in [6, 6.07) is 4.76. The van der Waals surface area contributed by atoms with Gasteiger partial charge in [-0.2, -0.15) is 0 Å². The van der Waals surface area contributed by atoms with Crippen LogP contribution >= 0.6 is 0 Å². The Morgan fingerprint density at radius 3 is 2.77 bits per heavy atom. The molecule has 2 unspecified atom stereocenters. The number of imide groups is 1. The van der Waals surface area contributed by atoms with Crippen molar-refractivity contribution in [3.05, 3.63) is 42.0 Å². The molecule has 0 bridgehead atoms. The van der Waals surface area contributed by atoms with Gasteiger partial charge in [0.1, 0.15) is 11.3 Å². The first-order chi connectivity index (χ1) is 14.9. The molecule has 2 atom stereocenters.